The Hall–Kier alpha value is -0.443. The lowest BCUT2D eigenvalue weighted by molar-refractivity contribution is 0.398. The average Bonchev–Trinajstić information content (AvgIpc) is 2.16. The number of hydrogen-bond acceptors (Lipinski definition) is 1. The molecule has 0 radical (unpaired) electrons. The first-order valence-corrected chi connectivity index (χ1v) is 9.15. The van der Waals surface area contributed by atoms with Crippen LogP contribution >= 0.6 is 22.2 Å². The highest BCUT2D eigenvalue weighted by Gasteiger charge is 2.36. The minimum Gasteiger partial charge on any atom is -0.520 e. The predicted molar refractivity (Wildman–Crippen MR) is 73.2 cm³/mol. The Morgan fingerprint density at radius 3 is 2.38 bits per heavy atom. The van der Waals surface area contributed by atoms with Crippen LogP contribution in [0.1, 0.15) is 20.3 Å². The number of allylic oxidation sites excluding steroid dienone is 1. The summed E-state index contributed by atoms with van der Waals surface area (Å²) in [5.41, 5.74) is 0. The van der Waals surface area contributed by atoms with E-state index in [-0.39, 0.29) is 0 Å². The summed E-state index contributed by atoms with van der Waals surface area (Å²) in [5.74, 6) is 1.15. The van der Waals surface area contributed by atoms with E-state index in [2.05, 4.69) is 20.4 Å². The van der Waals surface area contributed by atoms with Gasteiger partial charge in [0.2, 0.25) is 0 Å². The molecule has 0 aliphatic rings. The Labute approximate surface area is 108 Å². The monoisotopic (exact) mass is 274 g/mol. The summed E-state index contributed by atoms with van der Waals surface area (Å²) in [6.45, 7) is 5.18. The first kappa shape index (κ1) is 13.6. The highest BCUT2D eigenvalue weighted by atomic mass is 35.7. The average molecular weight is 275 g/mol. The normalized spacial score (nSPS) is 11.6. The van der Waals surface area contributed by atoms with E-state index < -0.39 is 6.94 Å². The summed E-state index contributed by atoms with van der Waals surface area (Å²) in [7, 11) is 0. The van der Waals surface area contributed by atoms with Gasteiger partial charge in [-0.2, -0.15) is 0 Å². The number of halogens is 2. The molecular formula is C12H16Cl2OSi. The SMILES string of the molecule is C=C(CC(C)C)O[Si](Cl)(Cl)c1ccccc1. The van der Waals surface area contributed by atoms with Crippen LogP contribution in [0.15, 0.2) is 42.7 Å². The molecule has 1 aromatic rings. The molecule has 0 aliphatic heterocycles. The van der Waals surface area contributed by atoms with Crippen molar-refractivity contribution in [2.24, 2.45) is 5.92 Å². The largest absolute Gasteiger partial charge is 0.520 e. The van der Waals surface area contributed by atoms with Crippen LogP contribution in [0.2, 0.25) is 0 Å². The molecule has 1 aromatic carbocycles. The second-order valence-corrected chi connectivity index (χ2v) is 9.71. The van der Waals surface area contributed by atoms with Crippen molar-refractivity contribution >= 4 is 34.3 Å². The third-order valence-electron chi connectivity index (χ3n) is 2.02. The molecule has 1 nitrogen and oxygen atoms in total. The molecule has 0 saturated heterocycles. The molecule has 0 amide bonds. The molecule has 0 heterocycles. The smallest absolute Gasteiger partial charge is 0.483 e. The van der Waals surface area contributed by atoms with Gasteiger partial charge < -0.3 is 4.43 Å². The first-order chi connectivity index (χ1) is 7.42. The minimum atomic E-state index is -2.86. The summed E-state index contributed by atoms with van der Waals surface area (Å²) < 4.78 is 5.61. The molecule has 1 rings (SSSR count). The van der Waals surface area contributed by atoms with Crippen molar-refractivity contribution in [2.75, 3.05) is 0 Å². The predicted octanol–water partition coefficient (Wildman–Crippen LogP) is 3.89. The van der Waals surface area contributed by atoms with Crippen LogP contribution in [0.5, 0.6) is 0 Å². The van der Waals surface area contributed by atoms with Gasteiger partial charge in [0.15, 0.2) is 0 Å². The van der Waals surface area contributed by atoms with E-state index in [1.807, 2.05) is 30.3 Å². The van der Waals surface area contributed by atoms with E-state index >= 15 is 0 Å². The summed E-state index contributed by atoms with van der Waals surface area (Å²) in [4.78, 5) is 0. The minimum absolute atomic E-state index is 0.487. The van der Waals surface area contributed by atoms with Crippen molar-refractivity contribution in [2.45, 2.75) is 20.3 Å². The molecule has 4 heteroatoms. The maximum absolute atomic E-state index is 6.26. The van der Waals surface area contributed by atoms with Crippen LogP contribution in [-0.4, -0.2) is 6.94 Å². The molecule has 0 N–H and O–H groups in total. The fourth-order valence-electron chi connectivity index (χ4n) is 1.37. The summed E-state index contributed by atoms with van der Waals surface area (Å²) in [5, 5.41) is 0.850. The van der Waals surface area contributed by atoms with E-state index in [0.29, 0.717) is 11.7 Å². The van der Waals surface area contributed by atoms with Gasteiger partial charge in [0.25, 0.3) is 0 Å². The van der Waals surface area contributed by atoms with Gasteiger partial charge in [-0.25, -0.2) is 0 Å². The lowest BCUT2D eigenvalue weighted by atomic mass is 10.1. The molecule has 0 bridgehead atoms. The van der Waals surface area contributed by atoms with Gasteiger partial charge in [-0.3, -0.25) is 0 Å². The van der Waals surface area contributed by atoms with E-state index in [1.165, 1.54) is 0 Å². The maximum atomic E-state index is 6.26. The van der Waals surface area contributed by atoms with Crippen LogP contribution in [0.25, 0.3) is 0 Å². The van der Waals surface area contributed by atoms with Gasteiger partial charge in [0, 0.05) is 11.6 Å². The van der Waals surface area contributed by atoms with Crippen molar-refractivity contribution in [3.05, 3.63) is 42.7 Å². The van der Waals surface area contributed by atoms with Gasteiger partial charge >= 0.3 is 6.94 Å². The van der Waals surface area contributed by atoms with Crippen LogP contribution in [0.4, 0.5) is 0 Å². The number of rotatable bonds is 5. The molecule has 0 unspecified atom stereocenters. The van der Waals surface area contributed by atoms with Crippen molar-refractivity contribution in [3.8, 4) is 0 Å². The van der Waals surface area contributed by atoms with E-state index in [9.17, 15) is 0 Å². The molecule has 0 fully saturated rings. The second-order valence-electron chi connectivity index (χ2n) is 4.12. The molecular weight excluding hydrogens is 259 g/mol. The maximum Gasteiger partial charge on any atom is 0.483 e. The van der Waals surface area contributed by atoms with Crippen LogP contribution in [0.3, 0.4) is 0 Å². The first-order valence-electron chi connectivity index (χ1n) is 5.22. The van der Waals surface area contributed by atoms with Crippen molar-refractivity contribution < 1.29 is 4.43 Å². The van der Waals surface area contributed by atoms with E-state index in [0.717, 1.165) is 11.6 Å². The summed E-state index contributed by atoms with van der Waals surface area (Å²) in [6.07, 6.45) is 0.779. The Balaban J connectivity index is 2.69. The lowest BCUT2D eigenvalue weighted by Gasteiger charge is -2.21. The molecule has 0 saturated carbocycles. The van der Waals surface area contributed by atoms with Crippen molar-refractivity contribution in [1.82, 2.24) is 0 Å². The Kier molecular flexibility index (Phi) is 4.90. The number of benzene rings is 1. The fourth-order valence-corrected chi connectivity index (χ4v) is 3.92. The van der Waals surface area contributed by atoms with Gasteiger partial charge in [-0.05, 0) is 5.92 Å². The molecule has 16 heavy (non-hydrogen) atoms. The third kappa shape index (κ3) is 4.20. The summed E-state index contributed by atoms with van der Waals surface area (Å²) in [6, 6.07) is 9.49. The standard InChI is InChI=1S/C12H16Cl2OSi/c1-10(2)9-11(3)15-16(13,14)12-7-5-4-6-8-12/h4-8,10H,3,9H2,1-2H3. The van der Waals surface area contributed by atoms with Crippen LogP contribution < -0.4 is 5.19 Å². The van der Waals surface area contributed by atoms with Crippen LogP contribution in [-0.2, 0) is 4.43 Å². The molecule has 0 atom stereocenters. The zero-order valence-corrected chi connectivity index (χ0v) is 12.1. The Morgan fingerprint density at radius 2 is 1.88 bits per heavy atom. The van der Waals surface area contributed by atoms with Gasteiger partial charge in [0.1, 0.15) is 0 Å². The van der Waals surface area contributed by atoms with Crippen molar-refractivity contribution in [1.29, 1.82) is 0 Å². The highest BCUT2D eigenvalue weighted by Crippen LogP contribution is 2.22. The second kappa shape index (κ2) is 5.76. The van der Waals surface area contributed by atoms with Crippen LogP contribution in [0, 0.1) is 5.92 Å². The quantitative estimate of drug-likeness (QED) is 0.450. The van der Waals surface area contributed by atoms with Gasteiger partial charge in [0.05, 0.1) is 5.76 Å². The third-order valence-corrected chi connectivity index (χ3v) is 5.34. The topological polar surface area (TPSA) is 9.23 Å². The fraction of sp³-hybridized carbons (Fsp3) is 0.333. The van der Waals surface area contributed by atoms with Crippen molar-refractivity contribution in [3.63, 3.8) is 0 Å². The van der Waals surface area contributed by atoms with E-state index in [1.54, 1.807) is 0 Å². The molecule has 0 aliphatic carbocycles. The van der Waals surface area contributed by atoms with Gasteiger partial charge in [-0.1, -0.05) is 72.9 Å². The Bertz CT molecular complexity index is 349. The van der Waals surface area contributed by atoms with E-state index in [4.69, 9.17) is 26.6 Å². The highest BCUT2D eigenvalue weighted by molar-refractivity contribution is 7.48. The van der Waals surface area contributed by atoms with Gasteiger partial charge in [-0.15, -0.1) is 0 Å². The number of hydrogen-bond donors (Lipinski definition) is 0. The zero-order chi connectivity index (χ0) is 12.2. The lowest BCUT2D eigenvalue weighted by Crippen LogP contribution is -2.39. The Morgan fingerprint density at radius 1 is 1.31 bits per heavy atom. The molecule has 0 aromatic heterocycles. The molecule has 88 valence electrons. The zero-order valence-electron chi connectivity index (χ0n) is 9.54. The summed E-state index contributed by atoms with van der Waals surface area (Å²) >= 11 is 12.5. The molecule has 0 spiro atoms.